The molecule has 0 saturated carbocycles. The molecule has 0 spiro atoms. The van der Waals surface area contributed by atoms with E-state index in [1.807, 2.05) is 31.4 Å². The highest BCUT2D eigenvalue weighted by Crippen LogP contribution is 2.22. The molecule has 3 nitrogen and oxygen atoms in total. The maximum atomic E-state index is 13.4. The minimum absolute atomic E-state index is 0.402. The van der Waals surface area contributed by atoms with E-state index in [1.54, 1.807) is 13.0 Å². The summed E-state index contributed by atoms with van der Waals surface area (Å²) in [4.78, 5) is 2.47. The van der Waals surface area contributed by atoms with Gasteiger partial charge in [-0.3, -0.25) is 5.43 Å². The van der Waals surface area contributed by atoms with E-state index < -0.39 is 29.2 Å². The minimum atomic E-state index is -1.74. The zero-order valence-electron chi connectivity index (χ0n) is 12.1. The lowest BCUT2D eigenvalue weighted by molar-refractivity contribution is 0.411. The Labute approximate surface area is 124 Å². The summed E-state index contributed by atoms with van der Waals surface area (Å²) in [5.74, 6) is -6.73. The van der Waals surface area contributed by atoms with Gasteiger partial charge in [0, 0.05) is 0 Å². The number of hydrogen-bond acceptors (Lipinski definition) is 3. The molecule has 22 heavy (non-hydrogen) atoms. The van der Waals surface area contributed by atoms with Crippen molar-refractivity contribution in [3.63, 3.8) is 0 Å². The van der Waals surface area contributed by atoms with Gasteiger partial charge in [0.15, 0.2) is 0 Å². The number of aromatic nitrogens is 1. The van der Waals surface area contributed by atoms with Crippen LogP contribution in [0.1, 0.15) is 23.6 Å². The van der Waals surface area contributed by atoms with Gasteiger partial charge in [-0.05, 0) is 43.5 Å². The van der Waals surface area contributed by atoms with Crippen LogP contribution >= 0.6 is 0 Å². The molecule has 0 amide bonds. The standard InChI is InChI=1S/C15H13F4N3/c1-7-4-5-10(6-8(7)2)9(3)21-22-13-11(16)14(18)20-15(19)12(13)17/h4-6H,1-3H3,(H,20,22)/b21-9+. The fourth-order valence-electron chi connectivity index (χ4n) is 1.76. The highest BCUT2D eigenvalue weighted by atomic mass is 19.2. The number of hydrazone groups is 1. The molecule has 1 N–H and O–H groups in total. The number of pyridine rings is 1. The second-order valence-electron chi connectivity index (χ2n) is 4.80. The molecule has 0 atom stereocenters. The Kier molecular flexibility index (Phi) is 4.44. The van der Waals surface area contributed by atoms with Crippen LogP contribution in [0, 0.1) is 37.4 Å². The number of anilines is 1. The first-order valence-electron chi connectivity index (χ1n) is 6.39. The summed E-state index contributed by atoms with van der Waals surface area (Å²) in [5.41, 5.74) is 4.21. The summed E-state index contributed by atoms with van der Waals surface area (Å²) in [6.07, 6.45) is 0. The van der Waals surface area contributed by atoms with Crippen LogP contribution in [-0.2, 0) is 0 Å². The third-order valence-corrected chi connectivity index (χ3v) is 3.26. The van der Waals surface area contributed by atoms with Gasteiger partial charge in [-0.1, -0.05) is 12.1 Å². The molecular weight excluding hydrogens is 298 g/mol. The van der Waals surface area contributed by atoms with E-state index in [-0.39, 0.29) is 0 Å². The van der Waals surface area contributed by atoms with Crippen LogP contribution in [0.15, 0.2) is 23.3 Å². The molecule has 0 aliphatic heterocycles. The summed E-state index contributed by atoms with van der Waals surface area (Å²) in [5, 5.41) is 3.76. The molecule has 2 rings (SSSR count). The largest absolute Gasteiger partial charge is 0.272 e. The van der Waals surface area contributed by atoms with Crippen molar-refractivity contribution in [2.45, 2.75) is 20.8 Å². The molecule has 0 bridgehead atoms. The fourth-order valence-corrected chi connectivity index (χ4v) is 1.76. The Morgan fingerprint density at radius 2 is 1.59 bits per heavy atom. The highest BCUT2D eigenvalue weighted by Gasteiger charge is 2.20. The van der Waals surface area contributed by atoms with Crippen LogP contribution in [-0.4, -0.2) is 10.7 Å². The second kappa shape index (κ2) is 6.13. The average Bonchev–Trinajstić information content (AvgIpc) is 2.47. The lowest BCUT2D eigenvalue weighted by Gasteiger charge is -2.08. The normalized spacial score (nSPS) is 11.7. The zero-order chi connectivity index (χ0) is 16.4. The van der Waals surface area contributed by atoms with E-state index in [0.29, 0.717) is 11.3 Å². The topological polar surface area (TPSA) is 37.3 Å². The Balaban J connectivity index is 2.34. The molecule has 0 aliphatic carbocycles. The van der Waals surface area contributed by atoms with Gasteiger partial charge in [-0.25, -0.2) is 0 Å². The first-order valence-corrected chi connectivity index (χ1v) is 6.39. The Bertz CT molecular complexity index is 731. The van der Waals surface area contributed by atoms with Crippen molar-refractivity contribution in [1.82, 2.24) is 4.98 Å². The Morgan fingerprint density at radius 3 is 2.14 bits per heavy atom. The summed E-state index contributed by atoms with van der Waals surface area (Å²) >= 11 is 0. The molecule has 0 radical (unpaired) electrons. The molecule has 7 heteroatoms. The predicted molar refractivity (Wildman–Crippen MR) is 75.8 cm³/mol. The molecule has 1 aromatic heterocycles. The molecule has 1 heterocycles. The SMILES string of the molecule is C/C(=N\Nc1c(F)c(F)nc(F)c1F)c1ccc(C)c(C)c1. The minimum Gasteiger partial charge on any atom is -0.272 e. The first-order chi connectivity index (χ1) is 10.3. The smallest absolute Gasteiger partial charge is 0.254 e. The van der Waals surface area contributed by atoms with Gasteiger partial charge in [0.1, 0.15) is 5.69 Å². The molecule has 0 unspecified atom stereocenters. The van der Waals surface area contributed by atoms with Gasteiger partial charge in [-0.15, -0.1) is 0 Å². The van der Waals surface area contributed by atoms with E-state index in [4.69, 9.17) is 0 Å². The lowest BCUT2D eigenvalue weighted by atomic mass is 10.0. The first kappa shape index (κ1) is 15.9. The number of rotatable bonds is 3. The predicted octanol–water partition coefficient (Wildman–Crippen LogP) is 4.09. The summed E-state index contributed by atoms with van der Waals surface area (Å²) < 4.78 is 52.8. The third-order valence-electron chi connectivity index (χ3n) is 3.26. The Hall–Kier alpha value is -2.44. The van der Waals surface area contributed by atoms with Crippen molar-refractivity contribution in [3.05, 3.63) is 58.4 Å². The third kappa shape index (κ3) is 3.08. The maximum absolute atomic E-state index is 13.4. The number of nitrogens with one attached hydrogen (secondary N) is 1. The van der Waals surface area contributed by atoms with Crippen LogP contribution in [0.5, 0.6) is 0 Å². The number of aryl methyl sites for hydroxylation is 2. The monoisotopic (exact) mass is 311 g/mol. The molecular formula is C15H13F4N3. The van der Waals surface area contributed by atoms with Crippen molar-refractivity contribution in [1.29, 1.82) is 0 Å². The summed E-state index contributed by atoms with van der Waals surface area (Å²) in [7, 11) is 0. The van der Waals surface area contributed by atoms with Crippen LogP contribution in [0.3, 0.4) is 0 Å². The molecule has 2 aromatic rings. The number of benzene rings is 1. The molecule has 1 aromatic carbocycles. The fraction of sp³-hybridized carbons (Fsp3) is 0.200. The van der Waals surface area contributed by atoms with Gasteiger partial charge in [-0.2, -0.15) is 27.6 Å². The molecule has 0 fully saturated rings. The van der Waals surface area contributed by atoms with E-state index in [9.17, 15) is 17.6 Å². The van der Waals surface area contributed by atoms with Crippen LogP contribution in [0.25, 0.3) is 0 Å². The average molecular weight is 311 g/mol. The molecule has 116 valence electrons. The van der Waals surface area contributed by atoms with Crippen molar-refractivity contribution in [2.75, 3.05) is 5.43 Å². The van der Waals surface area contributed by atoms with Crippen molar-refractivity contribution in [3.8, 4) is 0 Å². The van der Waals surface area contributed by atoms with Gasteiger partial charge in [0.05, 0.1) is 5.71 Å². The summed E-state index contributed by atoms with van der Waals surface area (Å²) in [6.45, 7) is 5.45. The van der Waals surface area contributed by atoms with Gasteiger partial charge in [0.25, 0.3) is 11.9 Å². The van der Waals surface area contributed by atoms with Crippen molar-refractivity contribution < 1.29 is 17.6 Å². The quantitative estimate of drug-likeness (QED) is 0.401. The van der Waals surface area contributed by atoms with Gasteiger partial charge in [0.2, 0.25) is 11.6 Å². The van der Waals surface area contributed by atoms with Crippen LogP contribution < -0.4 is 5.43 Å². The maximum Gasteiger partial charge on any atom is 0.254 e. The van der Waals surface area contributed by atoms with E-state index >= 15 is 0 Å². The van der Waals surface area contributed by atoms with Gasteiger partial charge >= 0.3 is 0 Å². The van der Waals surface area contributed by atoms with Crippen LogP contribution in [0.2, 0.25) is 0 Å². The second-order valence-corrected chi connectivity index (χ2v) is 4.80. The van der Waals surface area contributed by atoms with E-state index in [1.165, 1.54) is 0 Å². The molecule has 0 saturated heterocycles. The zero-order valence-corrected chi connectivity index (χ0v) is 12.1. The summed E-state index contributed by atoms with van der Waals surface area (Å²) in [6, 6.07) is 5.50. The van der Waals surface area contributed by atoms with Crippen molar-refractivity contribution in [2.24, 2.45) is 5.10 Å². The van der Waals surface area contributed by atoms with Gasteiger partial charge < -0.3 is 0 Å². The Morgan fingerprint density at radius 1 is 1.00 bits per heavy atom. The highest BCUT2D eigenvalue weighted by molar-refractivity contribution is 5.99. The number of halogens is 4. The van der Waals surface area contributed by atoms with E-state index in [2.05, 4.69) is 10.1 Å². The number of hydrogen-bond donors (Lipinski definition) is 1. The van der Waals surface area contributed by atoms with E-state index in [0.717, 1.165) is 11.1 Å². The van der Waals surface area contributed by atoms with Crippen molar-refractivity contribution >= 4 is 11.4 Å². The number of nitrogens with zero attached hydrogens (tertiary/aromatic N) is 2. The van der Waals surface area contributed by atoms with Crippen LogP contribution in [0.4, 0.5) is 23.2 Å². The lowest BCUT2D eigenvalue weighted by Crippen LogP contribution is -2.08. The molecule has 0 aliphatic rings.